The number of hydrogen-bond acceptors (Lipinski definition) is 1. The second kappa shape index (κ2) is 0.572. The van der Waals surface area contributed by atoms with Crippen LogP contribution in [-0.4, -0.2) is 19.8 Å². The van der Waals surface area contributed by atoms with E-state index in [4.69, 9.17) is 0 Å². The van der Waals surface area contributed by atoms with E-state index in [9.17, 15) is 0 Å². The quantitative estimate of drug-likeness (QED) is 0.284. The van der Waals surface area contributed by atoms with Gasteiger partial charge in [-0.2, -0.15) is 0 Å². The Morgan fingerprint density at radius 3 is 2.20 bits per heavy atom. The molecule has 1 nitrogen and oxygen atoms in total. The van der Waals surface area contributed by atoms with E-state index >= 15 is 0 Å². The lowest BCUT2D eigenvalue weighted by atomic mass is 9.90. The summed E-state index contributed by atoms with van der Waals surface area (Å²) in [5, 5.41) is 3.17. The average Bonchev–Trinajstić information content (AvgIpc) is 1.76. The Kier molecular flexibility index (Phi) is 0.369. The Labute approximate surface area is 33.2 Å². The van der Waals surface area contributed by atoms with Gasteiger partial charge in [-0.1, -0.05) is 6.92 Å². The molecule has 0 bridgehead atoms. The molecule has 1 N–H and O–H groups in total. The second-order valence-electron chi connectivity index (χ2n) is 2.24. The van der Waals surface area contributed by atoms with Gasteiger partial charge in [0.15, 0.2) is 0 Å². The minimum Gasteiger partial charge on any atom is -0.317 e. The highest BCUT2D eigenvalue weighted by atomic mass is 15.1. The van der Waals surface area contributed by atoms with Crippen molar-refractivity contribution in [3.8, 4) is 0 Å². The van der Waals surface area contributed by atoms with Crippen LogP contribution in [0.15, 0.2) is 0 Å². The van der Waals surface area contributed by atoms with Crippen LogP contribution in [0.4, 0.5) is 0 Å². The Morgan fingerprint density at radius 2 is 2.20 bits per heavy atom. The van der Waals surface area contributed by atoms with E-state index in [0.29, 0.717) is 5.44 Å². The minimum atomic E-state index is 0.500. The molecule has 5 heavy (non-hydrogen) atoms. The highest BCUT2D eigenvalue weighted by Crippen LogP contribution is 2.06. The van der Waals surface area contributed by atoms with Gasteiger partial charge in [0.2, 0.25) is 0 Å². The smallest absolute Gasteiger partial charge is 0.128 e. The zero-order chi connectivity index (χ0) is 3.91. The van der Waals surface area contributed by atoms with Gasteiger partial charge < -0.3 is 5.32 Å². The van der Waals surface area contributed by atoms with Crippen molar-refractivity contribution in [3.05, 3.63) is 0 Å². The zero-order valence-corrected chi connectivity index (χ0v) is 3.71. The highest BCUT2D eigenvalue weighted by molar-refractivity contribution is 6.17. The largest absolute Gasteiger partial charge is 0.317 e. The standard InChI is InChI=1S/C3H8BN/c1-3(4)2-5-3/h5H,2,4H2,1H3. The van der Waals surface area contributed by atoms with Gasteiger partial charge in [0, 0.05) is 6.54 Å². The molecule has 1 atom stereocenters. The number of nitrogens with one attached hydrogen (secondary N) is 1. The van der Waals surface area contributed by atoms with Gasteiger partial charge in [-0.25, -0.2) is 0 Å². The van der Waals surface area contributed by atoms with E-state index in [1.165, 1.54) is 6.54 Å². The molecule has 1 saturated heterocycles. The van der Waals surface area contributed by atoms with Crippen LogP contribution in [0.25, 0.3) is 0 Å². The molecule has 0 aromatic heterocycles. The molecule has 0 spiro atoms. The summed E-state index contributed by atoms with van der Waals surface area (Å²) in [5.74, 6) is 0. The topological polar surface area (TPSA) is 21.9 Å². The van der Waals surface area contributed by atoms with Gasteiger partial charge in [0.1, 0.15) is 7.85 Å². The number of rotatable bonds is 0. The monoisotopic (exact) mass is 69.1 g/mol. The molecule has 0 aliphatic carbocycles. The first-order valence-electron chi connectivity index (χ1n) is 1.96. The molecule has 28 valence electrons. The Hall–Kier alpha value is 0.0249. The first kappa shape index (κ1) is 3.22. The Balaban J connectivity index is 2.38. The van der Waals surface area contributed by atoms with E-state index < -0.39 is 0 Å². The maximum absolute atomic E-state index is 3.17. The van der Waals surface area contributed by atoms with Crippen molar-refractivity contribution < 1.29 is 0 Å². The van der Waals surface area contributed by atoms with Crippen molar-refractivity contribution in [3.63, 3.8) is 0 Å². The molecule has 0 radical (unpaired) electrons. The summed E-state index contributed by atoms with van der Waals surface area (Å²) in [6.07, 6.45) is 0. The third kappa shape index (κ3) is 0.654. The molecular formula is C3H8BN. The van der Waals surface area contributed by atoms with Gasteiger partial charge in [-0.15, -0.1) is 0 Å². The fourth-order valence-corrected chi connectivity index (χ4v) is 0.177. The minimum absolute atomic E-state index is 0.500. The summed E-state index contributed by atoms with van der Waals surface area (Å²) in [7, 11) is 2.19. The molecule has 0 amide bonds. The fourth-order valence-electron chi connectivity index (χ4n) is 0.177. The highest BCUT2D eigenvalue weighted by Gasteiger charge is 2.29. The summed E-state index contributed by atoms with van der Waals surface area (Å²) in [6.45, 7) is 3.39. The van der Waals surface area contributed by atoms with Gasteiger partial charge in [0.25, 0.3) is 0 Å². The summed E-state index contributed by atoms with van der Waals surface area (Å²) in [6, 6.07) is 0. The van der Waals surface area contributed by atoms with E-state index in [0.717, 1.165) is 0 Å². The van der Waals surface area contributed by atoms with Crippen molar-refractivity contribution in [1.82, 2.24) is 5.32 Å². The molecule has 1 fully saturated rings. The average molecular weight is 68.9 g/mol. The van der Waals surface area contributed by atoms with Crippen LogP contribution >= 0.6 is 0 Å². The summed E-state index contributed by atoms with van der Waals surface area (Å²) >= 11 is 0. The lowest BCUT2D eigenvalue weighted by molar-refractivity contribution is 0.990. The fraction of sp³-hybridized carbons (Fsp3) is 1.00. The van der Waals surface area contributed by atoms with E-state index in [1.807, 2.05) is 0 Å². The molecule has 1 rings (SSSR count). The lowest BCUT2D eigenvalue weighted by Gasteiger charge is -1.83. The summed E-state index contributed by atoms with van der Waals surface area (Å²) < 4.78 is 0. The Bertz CT molecular complexity index is 44.9. The molecular weight excluding hydrogens is 60.9 g/mol. The first-order valence-corrected chi connectivity index (χ1v) is 1.96. The van der Waals surface area contributed by atoms with Crippen LogP contribution < -0.4 is 5.32 Å². The van der Waals surface area contributed by atoms with E-state index in [2.05, 4.69) is 20.1 Å². The third-order valence-corrected chi connectivity index (χ3v) is 0.884. The van der Waals surface area contributed by atoms with Crippen LogP contribution in [0.2, 0.25) is 0 Å². The molecule has 2 heteroatoms. The molecule has 1 aliphatic heterocycles. The Morgan fingerprint density at radius 1 is 2.00 bits per heavy atom. The maximum Gasteiger partial charge on any atom is 0.128 e. The van der Waals surface area contributed by atoms with Crippen LogP contribution in [0.3, 0.4) is 0 Å². The van der Waals surface area contributed by atoms with Crippen molar-refractivity contribution in [2.45, 2.75) is 12.4 Å². The normalized spacial score (nSPS) is 49.0. The first-order chi connectivity index (χ1) is 2.21. The van der Waals surface area contributed by atoms with Gasteiger partial charge >= 0.3 is 0 Å². The van der Waals surface area contributed by atoms with Crippen molar-refractivity contribution in [2.24, 2.45) is 0 Å². The van der Waals surface area contributed by atoms with E-state index in [1.54, 1.807) is 0 Å². The van der Waals surface area contributed by atoms with Crippen LogP contribution in [-0.2, 0) is 0 Å². The van der Waals surface area contributed by atoms with Crippen molar-refractivity contribution >= 4 is 7.85 Å². The predicted octanol–water partition coefficient (Wildman–Crippen LogP) is -1.06. The summed E-state index contributed by atoms with van der Waals surface area (Å²) in [5.41, 5.74) is 0.500. The molecule has 1 heterocycles. The van der Waals surface area contributed by atoms with Gasteiger partial charge in [-0.05, 0) is 5.44 Å². The SMILES string of the molecule is BC1(C)CN1. The van der Waals surface area contributed by atoms with Crippen LogP contribution in [0.1, 0.15) is 6.92 Å². The number of hydrogen-bond donors (Lipinski definition) is 1. The second-order valence-corrected chi connectivity index (χ2v) is 2.24. The lowest BCUT2D eigenvalue weighted by Crippen LogP contribution is -2.06. The molecule has 0 saturated carbocycles. The predicted molar refractivity (Wildman–Crippen MR) is 25.0 cm³/mol. The molecule has 0 aromatic rings. The van der Waals surface area contributed by atoms with E-state index in [-0.39, 0.29) is 0 Å². The van der Waals surface area contributed by atoms with Crippen LogP contribution in [0, 0.1) is 0 Å². The van der Waals surface area contributed by atoms with Crippen LogP contribution in [0.5, 0.6) is 0 Å². The zero-order valence-electron chi connectivity index (χ0n) is 3.71. The van der Waals surface area contributed by atoms with Crippen molar-refractivity contribution in [2.75, 3.05) is 6.54 Å². The maximum atomic E-state index is 3.17. The molecule has 1 aliphatic rings. The third-order valence-electron chi connectivity index (χ3n) is 0.884. The summed E-state index contributed by atoms with van der Waals surface area (Å²) in [4.78, 5) is 0. The van der Waals surface area contributed by atoms with Gasteiger partial charge in [-0.3, -0.25) is 0 Å². The van der Waals surface area contributed by atoms with Crippen molar-refractivity contribution in [1.29, 1.82) is 0 Å². The van der Waals surface area contributed by atoms with Gasteiger partial charge in [0.05, 0.1) is 0 Å². The molecule has 1 unspecified atom stereocenters. The molecule has 0 aromatic carbocycles.